The van der Waals surface area contributed by atoms with Gasteiger partial charge < -0.3 is 0 Å². The van der Waals surface area contributed by atoms with Gasteiger partial charge in [0.05, 0.1) is 5.41 Å². The van der Waals surface area contributed by atoms with Crippen molar-refractivity contribution in [3.05, 3.63) is 131 Å². The number of hydrogen-bond donors (Lipinski definition) is 0. The van der Waals surface area contributed by atoms with Crippen molar-refractivity contribution >= 4 is 10.8 Å². The van der Waals surface area contributed by atoms with Crippen molar-refractivity contribution in [3.8, 4) is 22.3 Å². The molecule has 0 unspecified atom stereocenters. The highest BCUT2D eigenvalue weighted by Gasteiger charge is 2.49. The first-order chi connectivity index (χ1) is 14.8. The van der Waals surface area contributed by atoms with Crippen molar-refractivity contribution < 1.29 is 0 Å². The monoisotopic (exact) mass is 380 g/mol. The van der Waals surface area contributed by atoms with Crippen molar-refractivity contribution in [1.29, 1.82) is 0 Å². The van der Waals surface area contributed by atoms with Crippen LogP contribution in [0.3, 0.4) is 0 Å². The van der Waals surface area contributed by atoms with Gasteiger partial charge in [-0.2, -0.15) is 0 Å². The molecule has 5 aromatic rings. The third-order valence-electron chi connectivity index (χ3n) is 7.24. The van der Waals surface area contributed by atoms with E-state index in [4.69, 9.17) is 0 Å². The average Bonchev–Trinajstić information content (AvgIpc) is 3.10. The summed E-state index contributed by atoms with van der Waals surface area (Å²) < 4.78 is 0. The average molecular weight is 380 g/mol. The molecule has 0 radical (unpaired) electrons. The fourth-order valence-electron chi connectivity index (χ4n) is 6.09. The summed E-state index contributed by atoms with van der Waals surface area (Å²) in [5, 5.41) is 2.77. The van der Waals surface area contributed by atoms with Gasteiger partial charge in [0.15, 0.2) is 0 Å². The first-order valence-electron chi connectivity index (χ1n) is 10.6. The molecule has 7 rings (SSSR count). The van der Waals surface area contributed by atoms with E-state index < -0.39 is 0 Å². The minimum atomic E-state index is -0.274. The molecule has 0 N–H and O–H groups in total. The molecule has 30 heavy (non-hydrogen) atoms. The van der Waals surface area contributed by atoms with Gasteiger partial charge >= 0.3 is 0 Å². The second-order valence-electron chi connectivity index (χ2n) is 8.54. The van der Waals surface area contributed by atoms with Gasteiger partial charge in [-0.25, -0.2) is 0 Å². The van der Waals surface area contributed by atoms with Crippen LogP contribution in [0, 0.1) is 6.92 Å². The Morgan fingerprint density at radius 1 is 0.433 bits per heavy atom. The van der Waals surface area contributed by atoms with Crippen LogP contribution in [0.1, 0.15) is 27.8 Å². The smallest absolute Gasteiger partial charge is 0.0619 e. The van der Waals surface area contributed by atoms with Crippen molar-refractivity contribution in [2.75, 3.05) is 0 Å². The summed E-state index contributed by atoms with van der Waals surface area (Å²) in [5.74, 6) is 0. The fraction of sp³-hybridized carbons (Fsp3) is 0.0667. The number of benzene rings is 5. The molecule has 0 aromatic heterocycles. The molecule has 1 spiro atoms. The van der Waals surface area contributed by atoms with E-state index in [1.807, 2.05) is 0 Å². The van der Waals surface area contributed by atoms with Gasteiger partial charge in [0.2, 0.25) is 0 Å². The Hall–Kier alpha value is -3.64. The van der Waals surface area contributed by atoms with E-state index in [2.05, 4.69) is 110 Å². The van der Waals surface area contributed by atoms with E-state index in [1.165, 1.54) is 60.8 Å². The van der Waals surface area contributed by atoms with Gasteiger partial charge in [0.1, 0.15) is 0 Å². The Balaban J connectivity index is 1.80. The fourth-order valence-corrected chi connectivity index (χ4v) is 6.09. The van der Waals surface area contributed by atoms with E-state index in [0.29, 0.717) is 0 Å². The highest BCUT2D eigenvalue weighted by molar-refractivity contribution is 6.07. The minimum absolute atomic E-state index is 0.274. The zero-order valence-electron chi connectivity index (χ0n) is 16.8. The van der Waals surface area contributed by atoms with Crippen molar-refractivity contribution in [1.82, 2.24) is 0 Å². The van der Waals surface area contributed by atoms with Crippen LogP contribution in [0.2, 0.25) is 0 Å². The van der Waals surface area contributed by atoms with E-state index >= 15 is 0 Å². The lowest BCUT2D eigenvalue weighted by molar-refractivity contribution is 0.773. The Morgan fingerprint density at radius 2 is 0.933 bits per heavy atom. The molecule has 0 fully saturated rings. The van der Waals surface area contributed by atoms with Gasteiger partial charge in [-0.1, -0.05) is 103 Å². The summed E-state index contributed by atoms with van der Waals surface area (Å²) in [7, 11) is 0. The molecule has 0 saturated carbocycles. The molecular weight excluding hydrogens is 360 g/mol. The molecule has 0 nitrogen and oxygen atoms in total. The van der Waals surface area contributed by atoms with Crippen molar-refractivity contribution in [3.63, 3.8) is 0 Å². The highest BCUT2D eigenvalue weighted by atomic mass is 14.5. The van der Waals surface area contributed by atoms with Crippen LogP contribution in [0.15, 0.2) is 103 Å². The van der Waals surface area contributed by atoms with E-state index in [9.17, 15) is 0 Å². The van der Waals surface area contributed by atoms with Crippen LogP contribution in [0.4, 0.5) is 0 Å². The summed E-state index contributed by atoms with van der Waals surface area (Å²) in [4.78, 5) is 0. The van der Waals surface area contributed by atoms with E-state index in [1.54, 1.807) is 0 Å². The van der Waals surface area contributed by atoms with Crippen LogP contribution >= 0.6 is 0 Å². The van der Waals surface area contributed by atoms with Crippen LogP contribution in [0.25, 0.3) is 33.0 Å². The Morgan fingerprint density at radius 3 is 1.53 bits per heavy atom. The SMILES string of the molecule is Cc1ccc2c3c(cccc13)C1(c3ccccc3-c3ccccc31)c1ccccc1-2. The first-order valence-corrected chi connectivity index (χ1v) is 10.6. The van der Waals surface area contributed by atoms with Crippen LogP contribution in [-0.4, -0.2) is 0 Å². The normalized spacial score (nSPS) is 14.4. The molecular formula is C30H20. The third kappa shape index (κ3) is 1.70. The molecule has 0 heteroatoms. The topological polar surface area (TPSA) is 0 Å². The second kappa shape index (κ2) is 5.49. The largest absolute Gasteiger partial charge is 0.0725 e. The Bertz CT molecular complexity index is 1460. The summed E-state index contributed by atoms with van der Waals surface area (Å²) in [6, 6.07) is 38.5. The van der Waals surface area contributed by atoms with Gasteiger partial charge in [0.25, 0.3) is 0 Å². The van der Waals surface area contributed by atoms with E-state index in [0.717, 1.165) is 0 Å². The Kier molecular flexibility index (Phi) is 2.96. The lowest BCUT2D eigenvalue weighted by atomic mass is 9.61. The Labute approximate surface area is 176 Å². The quantitative estimate of drug-likeness (QED) is 0.256. The zero-order valence-corrected chi connectivity index (χ0v) is 16.8. The van der Waals surface area contributed by atoms with Crippen molar-refractivity contribution in [2.45, 2.75) is 12.3 Å². The maximum absolute atomic E-state index is 2.36. The number of hydrogen-bond acceptors (Lipinski definition) is 0. The van der Waals surface area contributed by atoms with Gasteiger partial charge in [0, 0.05) is 0 Å². The molecule has 0 amide bonds. The molecule has 0 atom stereocenters. The predicted octanol–water partition coefficient (Wildman–Crippen LogP) is 7.49. The third-order valence-corrected chi connectivity index (χ3v) is 7.24. The summed E-state index contributed by atoms with van der Waals surface area (Å²) >= 11 is 0. The number of aryl methyl sites for hydroxylation is 1. The molecule has 0 bridgehead atoms. The summed E-state index contributed by atoms with van der Waals surface area (Å²) in [6.07, 6.45) is 0. The second-order valence-corrected chi connectivity index (χ2v) is 8.54. The van der Waals surface area contributed by atoms with Crippen molar-refractivity contribution in [2.24, 2.45) is 0 Å². The summed E-state index contributed by atoms with van der Waals surface area (Å²) in [5.41, 5.74) is 12.1. The summed E-state index contributed by atoms with van der Waals surface area (Å²) in [6.45, 7) is 2.23. The molecule has 2 aliphatic rings. The molecule has 0 aliphatic heterocycles. The predicted molar refractivity (Wildman–Crippen MR) is 125 cm³/mol. The number of fused-ring (bicyclic) bond motifs is 9. The molecule has 0 saturated heterocycles. The first kappa shape index (κ1) is 16.2. The zero-order chi connectivity index (χ0) is 19.9. The standard InChI is InChI=1S/C30H20/c1-19-17-18-24-23-11-4-7-15-27(23)30(28-16-8-12-20(19)29(24)28)25-13-5-2-9-21(25)22-10-3-6-14-26(22)30/h2-18H,1H3. The highest BCUT2D eigenvalue weighted by Crippen LogP contribution is 2.61. The van der Waals surface area contributed by atoms with Crippen LogP contribution in [-0.2, 0) is 5.41 Å². The molecule has 2 aliphatic carbocycles. The van der Waals surface area contributed by atoms with Crippen LogP contribution in [0.5, 0.6) is 0 Å². The lowest BCUT2D eigenvalue weighted by Crippen LogP contribution is -2.31. The van der Waals surface area contributed by atoms with E-state index in [-0.39, 0.29) is 5.41 Å². The molecule has 140 valence electrons. The van der Waals surface area contributed by atoms with Gasteiger partial charge in [-0.05, 0) is 67.8 Å². The van der Waals surface area contributed by atoms with Crippen LogP contribution < -0.4 is 0 Å². The van der Waals surface area contributed by atoms with Gasteiger partial charge in [-0.3, -0.25) is 0 Å². The maximum atomic E-state index is 2.36. The number of rotatable bonds is 0. The minimum Gasteiger partial charge on any atom is -0.0619 e. The maximum Gasteiger partial charge on any atom is 0.0725 e. The molecule has 5 aromatic carbocycles. The molecule has 0 heterocycles. The lowest BCUT2D eigenvalue weighted by Gasteiger charge is -2.40. The van der Waals surface area contributed by atoms with Gasteiger partial charge in [-0.15, -0.1) is 0 Å².